The summed E-state index contributed by atoms with van der Waals surface area (Å²) >= 11 is 0. The number of anilines is 2. The second-order valence-corrected chi connectivity index (χ2v) is 5.31. The highest BCUT2D eigenvalue weighted by atomic mass is 16.5. The minimum Gasteiger partial charge on any atom is -0.396 e. The van der Waals surface area contributed by atoms with Crippen LogP contribution in [0.5, 0.6) is 0 Å². The van der Waals surface area contributed by atoms with Crippen molar-refractivity contribution in [2.45, 2.75) is 32.9 Å². The zero-order chi connectivity index (χ0) is 14.7. The SMILES string of the molecule is Cc1ccnc(N2CCOCC2C(=O)NC(C)C)c1N. The molecule has 110 valence electrons. The van der Waals surface area contributed by atoms with Crippen LogP contribution < -0.4 is 16.0 Å². The minimum atomic E-state index is -0.386. The van der Waals surface area contributed by atoms with Gasteiger partial charge in [0.1, 0.15) is 6.04 Å². The van der Waals surface area contributed by atoms with E-state index in [1.165, 1.54) is 0 Å². The number of carbonyl (C=O) groups is 1. The predicted molar refractivity (Wildman–Crippen MR) is 78.6 cm³/mol. The first kappa shape index (κ1) is 14.6. The second kappa shape index (κ2) is 6.09. The van der Waals surface area contributed by atoms with E-state index >= 15 is 0 Å². The highest BCUT2D eigenvalue weighted by molar-refractivity contribution is 5.86. The number of aromatic nitrogens is 1. The van der Waals surface area contributed by atoms with Gasteiger partial charge in [0.05, 0.1) is 18.9 Å². The zero-order valence-electron chi connectivity index (χ0n) is 12.2. The Bertz CT molecular complexity index is 490. The lowest BCUT2D eigenvalue weighted by Gasteiger charge is -2.36. The molecule has 0 saturated carbocycles. The summed E-state index contributed by atoms with van der Waals surface area (Å²) in [5, 5.41) is 2.92. The normalized spacial score (nSPS) is 19.2. The molecule has 0 bridgehead atoms. The fourth-order valence-corrected chi connectivity index (χ4v) is 2.24. The predicted octanol–water partition coefficient (Wildman–Crippen LogP) is 0.702. The van der Waals surface area contributed by atoms with Gasteiger partial charge in [-0.15, -0.1) is 0 Å². The number of rotatable bonds is 3. The van der Waals surface area contributed by atoms with Crippen LogP contribution in [0.1, 0.15) is 19.4 Å². The molecule has 2 rings (SSSR count). The van der Waals surface area contributed by atoms with Crippen molar-refractivity contribution >= 4 is 17.4 Å². The van der Waals surface area contributed by atoms with Crippen molar-refractivity contribution in [3.63, 3.8) is 0 Å². The van der Waals surface area contributed by atoms with Crippen LogP contribution in [0.15, 0.2) is 12.3 Å². The summed E-state index contributed by atoms with van der Waals surface area (Å²) in [4.78, 5) is 18.6. The first-order valence-electron chi connectivity index (χ1n) is 6.86. The van der Waals surface area contributed by atoms with Gasteiger partial charge in [0.15, 0.2) is 5.82 Å². The van der Waals surface area contributed by atoms with Gasteiger partial charge in [-0.3, -0.25) is 4.79 Å². The van der Waals surface area contributed by atoms with Gasteiger partial charge in [-0.2, -0.15) is 0 Å². The molecule has 0 aromatic carbocycles. The Kier molecular flexibility index (Phi) is 4.44. The molecule has 1 fully saturated rings. The first-order chi connectivity index (χ1) is 9.50. The summed E-state index contributed by atoms with van der Waals surface area (Å²) in [7, 11) is 0. The first-order valence-corrected chi connectivity index (χ1v) is 6.86. The molecule has 1 saturated heterocycles. The molecule has 1 amide bonds. The van der Waals surface area contributed by atoms with Crippen LogP contribution in [-0.2, 0) is 9.53 Å². The summed E-state index contributed by atoms with van der Waals surface area (Å²) in [5.41, 5.74) is 7.68. The minimum absolute atomic E-state index is 0.0533. The monoisotopic (exact) mass is 278 g/mol. The molecule has 1 aliphatic rings. The Morgan fingerprint density at radius 2 is 2.35 bits per heavy atom. The van der Waals surface area contributed by atoms with E-state index in [0.29, 0.717) is 31.3 Å². The summed E-state index contributed by atoms with van der Waals surface area (Å²) in [6.45, 7) is 7.34. The molecule has 20 heavy (non-hydrogen) atoms. The topological polar surface area (TPSA) is 80.5 Å². The summed E-state index contributed by atoms with van der Waals surface area (Å²) in [6.07, 6.45) is 1.72. The maximum Gasteiger partial charge on any atom is 0.245 e. The van der Waals surface area contributed by atoms with Crippen molar-refractivity contribution in [2.75, 3.05) is 30.4 Å². The number of hydrogen-bond donors (Lipinski definition) is 2. The van der Waals surface area contributed by atoms with Gasteiger partial charge in [0, 0.05) is 18.8 Å². The van der Waals surface area contributed by atoms with Crippen molar-refractivity contribution in [3.8, 4) is 0 Å². The lowest BCUT2D eigenvalue weighted by molar-refractivity contribution is -0.125. The number of hydrogen-bond acceptors (Lipinski definition) is 5. The van der Waals surface area contributed by atoms with Crippen molar-refractivity contribution in [2.24, 2.45) is 0 Å². The van der Waals surface area contributed by atoms with Crippen LogP contribution in [0.3, 0.4) is 0 Å². The molecule has 0 radical (unpaired) electrons. The van der Waals surface area contributed by atoms with Crippen LogP contribution in [0.25, 0.3) is 0 Å². The standard InChI is InChI=1S/C14H22N4O2/c1-9(2)17-14(19)11-8-20-7-6-18(11)13-12(15)10(3)4-5-16-13/h4-5,9,11H,6-8,15H2,1-3H3,(H,17,19). The number of carbonyl (C=O) groups excluding carboxylic acids is 1. The van der Waals surface area contributed by atoms with Gasteiger partial charge in [0.2, 0.25) is 5.91 Å². The van der Waals surface area contributed by atoms with Crippen LogP contribution in [0.2, 0.25) is 0 Å². The molecule has 1 unspecified atom stereocenters. The number of nitrogens with zero attached hydrogens (tertiary/aromatic N) is 2. The molecule has 6 nitrogen and oxygen atoms in total. The number of amides is 1. The molecule has 6 heteroatoms. The molecule has 1 atom stereocenters. The van der Waals surface area contributed by atoms with E-state index in [-0.39, 0.29) is 18.0 Å². The van der Waals surface area contributed by atoms with Gasteiger partial charge >= 0.3 is 0 Å². The Balaban J connectivity index is 2.27. The van der Waals surface area contributed by atoms with E-state index in [0.717, 1.165) is 5.56 Å². The Labute approximate surface area is 119 Å². The largest absolute Gasteiger partial charge is 0.396 e. The van der Waals surface area contributed by atoms with E-state index in [1.54, 1.807) is 6.20 Å². The lowest BCUT2D eigenvalue weighted by atomic mass is 10.1. The molecule has 2 heterocycles. The molecule has 0 spiro atoms. The Morgan fingerprint density at radius 1 is 1.60 bits per heavy atom. The van der Waals surface area contributed by atoms with Crippen LogP contribution in [0.4, 0.5) is 11.5 Å². The van der Waals surface area contributed by atoms with Crippen LogP contribution >= 0.6 is 0 Å². The van der Waals surface area contributed by atoms with Crippen molar-refractivity contribution in [3.05, 3.63) is 17.8 Å². The van der Waals surface area contributed by atoms with Gasteiger partial charge < -0.3 is 20.7 Å². The molecule has 1 aromatic heterocycles. The van der Waals surface area contributed by atoms with Gasteiger partial charge in [0.25, 0.3) is 0 Å². The van der Waals surface area contributed by atoms with Crippen LogP contribution in [-0.4, -0.2) is 42.7 Å². The third-order valence-electron chi connectivity index (χ3n) is 3.32. The number of nitrogens with one attached hydrogen (secondary N) is 1. The van der Waals surface area contributed by atoms with Crippen molar-refractivity contribution < 1.29 is 9.53 Å². The fourth-order valence-electron chi connectivity index (χ4n) is 2.24. The third kappa shape index (κ3) is 3.01. The second-order valence-electron chi connectivity index (χ2n) is 5.31. The van der Waals surface area contributed by atoms with Crippen molar-refractivity contribution in [1.82, 2.24) is 10.3 Å². The molecular formula is C14H22N4O2. The van der Waals surface area contributed by atoms with E-state index in [9.17, 15) is 4.79 Å². The average Bonchev–Trinajstić information content (AvgIpc) is 2.41. The lowest BCUT2D eigenvalue weighted by Crippen LogP contribution is -2.55. The zero-order valence-corrected chi connectivity index (χ0v) is 12.2. The highest BCUT2D eigenvalue weighted by Gasteiger charge is 2.31. The quantitative estimate of drug-likeness (QED) is 0.851. The summed E-state index contributed by atoms with van der Waals surface area (Å²) in [6, 6.07) is 1.57. The van der Waals surface area contributed by atoms with E-state index in [4.69, 9.17) is 10.5 Å². The Morgan fingerprint density at radius 3 is 3.05 bits per heavy atom. The molecule has 3 N–H and O–H groups in total. The number of aryl methyl sites for hydroxylation is 1. The molecule has 1 aliphatic heterocycles. The van der Waals surface area contributed by atoms with Crippen LogP contribution in [0, 0.1) is 6.92 Å². The summed E-state index contributed by atoms with van der Waals surface area (Å²) in [5.74, 6) is 0.611. The fraction of sp³-hybridized carbons (Fsp3) is 0.571. The molecular weight excluding hydrogens is 256 g/mol. The third-order valence-corrected chi connectivity index (χ3v) is 3.32. The maximum atomic E-state index is 12.3. The van der Waals surface area contributed by atoms with Gasteiger partial charge in [-0.1, -0.05) is 0 Å². The highest BCUT2D eigenvalue weighted by Crippen LogP contribution is 2.26. The van der Waals surface area contributed by atoms with Gasteiger partial charge in [-0.05, 0) is 32.4 Å². The Hall–Kier alpha value is -1.82. The maximum absolute atomic E-state index is 12.3. The number of morpholine rings is 1. The number of pyridine rings is 1. The van der Waals surface area contributed by atoms with Gasteiger partial charge in [-0.25, -0.2) is 4.98 Å². The summed E-state index contributed by atoms with van der Waals surface area (Å²) < 4.78 is 5.44. The van der Waals surface area contributed by atoms with Crippen molar-refractivity contribution in [1.29, 1.82) is 0 Å². The van der Waals surface area contributed by atoms with E-state index in [1.807, 2.05) is 31.7 Å². The average molecular weight is 278 g/mol. The molecule has 1 aromatic rings. The van der Waals surface area contributed by atoms with E-state index < -0.39 is 0 Å². The molecule has 0 aliphatic carbocycles. The smallest absolute Gasteiger partial charge is 0.245 e. The number of nitrogen functional groups attached to an aromatic ring is 1. The number of ether oxygens (including phenoxy) is 1. The van der Waals surface area contributed by atoms with E-state index in [2.05, 4.69) is 10.3 Å². The number of nitrogens with two attached hydrogens (primary N) is 1.